The summed E-state index contributed by atoms with van der Waals surface area (Å²) in [5.41, 5.74) is 1.36. The average Bonchev–Trinajstić information content (AvgIpc) is 2.66. The molecule has 2 aromatic carbocycles. The summed E-state index contributed by atoms with van der Waals surface area (Å²) >= 11 is 5.79. The zero-order chi connectivity index (χ0) is 20.0. The highest BCUT2D eigenvalue weighted by Crippen LogP contribution is 2.26. The number of benzene rings is 2. The number of amides is 2. The van der Waals surface area contributed by atoms with E-state index in [9.17, 15) is 14.0 Å². The maximum Gasteiger partial charge on any atom is 0.257 e. The average molecular weight is 395 g/mol. The molecule has 2 N–H and O–H groups in total. The lowest BCUT2D eigenvalue weighted by molar-refractivity contribution is -0.122. The molecule has 0 aliphatic heterocycles. The number of halogens is 2. The van der Waals surface area contributed by atoms with E-state index < -0.39 is 11.7 Å². The molecule has 27 heavy (non-hydrogen) atoms. The van der Waals surface area contributed by atoms with Crippen molar-refractivity contribution < 1.29 is 23.5 Å². The summed E-state index contributed by atoms with van der Waals surface area (Å²) < 4.78 is 24.7. The molecule has 0 heterocycles. The van der Waals surface area contributed by atoms with Gasteiger partial charge in [0, 0.05) is 25.2 Å². The van der Waals surface area contributed by atoms with Crippen molar-refractivity contribution in [3.63, 3.8) is 0 Å². The SMILES string of the molecule is CNC(=O)COc1cc(C)ccc1CNC(=O)c1cc(OC)cc(Cl)c1F. The van der Waals surface area contributed by atoms with Gasteiger partial charge in [-0.2, -0.15) is 0 Å². The van der Waals surface area contributed by atoms with Crippen molar-refractivity contribution in [1.82, 2.24) is 10.6 Å². The largest absolute Gasteiger partial charge is 0.497 e. The fourth-order valence-corrected chi connectivity index (χ4v) is 2.48. The summed E-state index contributed by atoms with van der Waals surface area (Å²) in [5, 5.41) is 4.88. The highest BCUT2D eigenvalue weighted by atomic mass is 35.5. The summed E-state index contributed by atoms with van der Waals surface area (Å²) in [6, 6.07) is 7.93. The fraction of sp³-hybridized carbons (Fsp3) is 0.263. The molecule has 0 fully saturated rings. The van der Waals surface area contributed by atoms with E-state index in [1.165, 1.54) is 26.3 Å². The molecule has 0 spiro atoms. The third kappa shape index (κ3) is 5.34. The van der Waals surface area contributed by atoms with Crippen LogP contribution in [0.2, 0.25) is 5.02 Å². The van der Waals surface area contributed by atoms with Gasteiger partial charge in [-0.15, -0.1) is 0 Å². The second-order valence-electron chi connectivity index (χ2n) is 5.73. The summed E-state index contributed by atoms with van der Waals surface area (Å²) in [5.74, 6) is -1.01. The molecule has 8 heteroatoms. The molecule has 144 valence electrons. The minimum absolute atomic E-state index is 0.0798. The minimum Gasteiger partial charge on any atom is -0.497 e. The smallest absolute Gasteiger partial charge is 0.257 e. The van der Waals surface area contributed by atoms with E-state index in [0.29, 0.717) is 11.3 Å². The lowest BCUT2D eigenvalue weighted by Crippen LogP contribution is -2.26. The van der Waals surface area contributed by atoms with Crippen molar-refractivity contribution in [2.45, 2.75) is 13.5 Å². The number of hydrogen-bond acceptors (Lipinski definition) is 4. The molecular formula is C19H20ClFN2O4. The molecule has 2 aromatic rings. The number of likely N-dealkylation sites (N-methyl/N-ethyl adjacent to an activating group) is 1. The van der Waals surface area contributed by atoms with Gasteiger partial charge in [-0.3, -0.25) is 9.59 Å². The minimum atomic E-state index is -0.824. The standard InChI is InChI=1S/C19H20ClFN2O4/c1-11-4-5-12(16(6-11)27-10-17(24)22-2)9-23-19(25)14-7-13(26-3)8-15(20)18(14)21/h4-8H,9-10H2,1-3H3,(H,22,24)(H,23,25). The van der Waals surface area contributed by atoms with Crippen LogP contribution >= 0.6 is 11.6 Å². The number of hydrogen-bond donors (Lipinski definition) is 2. The maximum absolute atomic E-state index is 14.2. The number of aryl methyl sites for hydroxylation is 1. The van der Waals surface area contributed by atoms with Gasteiger partial charge in [0.2, 0.25) is 0 Å². The summed E-state index contributed by atoms with van der Waals surface area (Å²) in [6.07, 6.45) is 0. The number of carbonyl (C=O) groups excluding carboxylic acids is 2. The van der Waals surface area contributed by atoms with Crippen molar-refractivity contribution in [3.05, 3.63) is 57.9 Å². The van der Waals surface area contributed by atoms with Gasteiger partial charge in [0.05, 0.1) is 17.7 Å². The van der Waals surface area contributed by atoms with E-state index in [1.807, 2.05) is 13.0 Å². The Labute approximate surface area is 161 Å². The molecule has 0 atom stereocenters. The Morgan fingerprint density at radius 3 is 2.63 bits per heavy atom. The number of carbonyl (C=O) groups is 2. The topological polar surface area (TPSA) is 76.7 Å². The molecule has 2 amide bonds. The van der Waals surface area contributed by atoms with Crippen LogP contribution < -0.4 is 20.1 Å². The highest BCUT2D eigenvalue weighted by molar-refractivity contribution is 6.31. The van der Waals surface area contributed by atoms with Crippen LogP contribution in [0.15, 0.2) is 30.3 Å². The van der Waals surface area contributed by atoms with Gasteiger partial charge in [0.1, 0.15) is 11.5 Å². The first-order valence-corrected chi connectivity index (χ1v) is 8.47. The van der Waals surface area contributed by atoms with Crippen LogP contribution in [-0.4, -0.2) is 32.6 Å². The van der Waals surface area contributed by atoms with Crippen LogP contribution in [0.25, 0.3) is 0 Å². The summed E-state index contributed by atoms with van der Waals surface area (Å²) in [6.45, 7) is 1.81. The first kappa shape index (κ1) is 20.5. The highest BCUT2D eigenvalue weighted by Gasteiger charge is 2.17. The predicted octanol–water partition coefficient (Wildman–Crippen LogP) is 2.85. The Hall–Kier alpha value is -2.80. The lowest BCUT2D eigenvalue weighted by Gasteiger charge is -2.13. The van der Waals surface area contributed by atoms with E-state index >= 15 is 0 Å². The quantitative estimate of drug-likeness (QED) is 0.757. The summed E-state index contributed by atoms with van der Waals surface area (Å²) in [4.78, 5) is 23.8. The van der Waals surface area contributed by atoms with Gasteiger partial charge in [-0.05, 0) is 24.6 Å². The summed E-state index contributed by atoms with van der Waals surface area (Å²) in [7, 11) is 2.91. The van der Waals surface area contributed by atoms with Crippen LogP contribution in [0, 0.1) is 12.7 Å². The second-order valence-corrected chi connectivity index (χ2v) is 6.13. The Morgan fingerprint density at radius 2 is 1.96 bits per heavy atom. The van der Waals surface area contributed by atoms with Crippen molar-refractivity contribution in [3.8, 4) is 11.5 Å². The molecule has 0 saturated heterocycles. The molecular weight excluding hydrogens is 375 g/mol. The van der Waals surface area contributed by atoms with E-state index in [4.69, 9.17) is 21.1 Å². The normalized spacial score (nSPS) is 10.3. The molecule has 0 radical (unpaired) electrons. The number of rotatable bonds is 7. The fourth-order valence-electron chi connectivity index (χ4n) is 2.28. The Kier molecular flexibility index (Phi) is 7.01. The van der Waals surface area contributed by atoms with Gasteiger partial charge in [-0.25, -0.2) is 4.39 Å². The van der Waals surface area contributed by atoms with Crippen molar-refractivity contribution >= 4 is 23.4 Å². The van der Waals surface area contributed by atoms with Gasteiger partial charge >= 0.3 is 0 Å². The van der Waals surface area contributed by atoms with E-state index in [-0.39, 0.29) is 35.4 Å². The molecule has 0 aromatic heterocycles. The van der Waals surface area contributed by atoms with Gasteiger partial charge in [-0.1, -0.05) is 23.7 Å². The third-order valence-corrected chi connectivity index (χ3v) is 4.06. The lowest BCUT2D eigenvalue weighted by atomic mass is 10.1. The monoisotopic (exact) mass is 394 g/mol. The van der Waals surface area contributed by atoms with E-state index in [1.54, 1.807) is 12.1 Å². The van der Waals surface area contributed by atoms with Crippen LogP contribution in [0.5, 0.6) is 11.5 Å². The molecule has 0 aliphatic carbocycles. The zero-order valence-corrected chi connectivity index (χ0v) is 15.9. The number of methoxy groups -OCH3 is 1. The van der Waals surface area contributed by atoms with Gasteiger partial charge in [0.25, 0.3) is 11.8 Å². The third-order valence-electron chi connectivity index (χ3n) is 3.78. The number of ether oxygens (including phenoxy) is 2. The van der Waals surface area contributed by atoms with E-state index in [0.717, 1.165) is 5.56 Å². The van der Waals surface area contributed by atoms with Crippen molar-refractivity contribution in [2.75, 3.05) is 20.8 Å². The zero-order valence-electron chi connectivity index (χ0n) is 15.2. The Balaban J connectivity index is 2.15. The molecule has 0 unspecified atom stereocenters. The number of nitrogens with one attached hydrogen (secondary N) is 2. The second kappa shape index (κ2) is 9.23. The van der Waals surface area contributed by atoms with Crippen LogP contribution in [0.4, 0.5) is 4.39 Å². The molecule has 0 bridgehead atoms. The van der Waals surface area contributed by atoms with Crippen LogP contribution in [0.1, 0.15) is 21.5 Å². The maximum atomic E-state index is 14.2. The van der Waals surface area contributed by atoms with Gasteiger partial charge in [0.15, 0.2) is 12.4 Å². The van der Waals surface area contributed by atoms with Gasteiger partial charge < -0.3 is 20.1 Å². The first-order chi connectivity index (χ1) is 12.8. The first-order valence-electron chi connectivity index (χ1n) is 8.09. The molecule has 0 aliphatic rings. The molecule has 2 rings (SSSR count). The predicted molar refractivity (Wildman–Crippen MR) is 99.9 cm³/mol. The van der Waals surface area contributed by atoms with Crippen molar-refractivity contribution in [1.29, 1.82) is 0 Å². The molecule has 6 nitrogen and oxygen atoms in total. The molecule has 0 saturated carbocycles. The van der Waals surface area contributed by atoms with Crippen LogP contribution in [-0.2, 0) is 11.3 Å². The van der Waals surface area contributed by atoms with E-state index in [2.05, 4.69) is 10.6 Å². The Bertz CT molecular complexity index is 858. The van der Waals surface area contributed by atoms with Crippen molar-refractivity contribution in [2.24, 2.45) is 0 Å². The van der Waals surface area contributed by atoms with Crippen LogP contribution in [0.3, 0.4) is 0 Å². The Morgan fingerprint density at radius 1 is 1.22 bits per heavy atom.